The van der Waals surface area contributed by atoms with Gasteiger partial charge in [0.25, 0.3) is 11.8 Å². The molecule has 24 heavy (non-hydrogen) atoms. The van der Waals surface area contributed by atoms with Crippen LogP contribution in [-0.4, -0.2) is 21.4 Å². The molecule has 0 spiro atoms. The van der Waals surface area contributed by atoms with Crippen molar-refractivity contribution in [2.24, 2.45) is 7.05 Å². The quantitative estimate of drug-likeness (QED) is 0.708. The van der Waals surface area contributed by atoms with Crippen molar-refractivity contribution in [3.63, 3.8) is 0 Å². The average Bonchev–Trinajstić information content (AvgIpc) is 2.97. The summed E-state index contributed by atoms with van der Waals surface area (Å²) in [6, 6.07) is 8.97. The third kappa shape index (κ3) is 2.96. The second-order valence-electron chi connectivity index (χ2n) is 5.39. The molecule has 2 aromatic heterocycles. The molecule has 0 saturated heterocycles. The van der Waals surface area contributed by atoms with E-state index in [1.807, 2.05) is 0 Å². The molecule has 3 rings (SSSR count). The molecule has 0 aliphatic rings. The number of carbonyl (C=O) groups is 2. The smallest absolute Gasteiger partial charge is 0.286 e. The van der Waals surface area contributed by atoms with Gasteiger partial charge in [-0.15, -0.1) is 0 Å². The number of aromatic nitrogens is 2. The SMILES string of the molecule is Cc1cc(C(=O)NNC(=O)c2cccn2C)c2ccc(F)cc2n1. The fraction of sp³-hybridized carbons (Fsp3) is 0.118. The van der Waals surface area contributed by atoms with Gasteiger partial charge in [-0.1, -0.05) is 0 Å². The summed E-state index contributed by atoms with van der Waals surface area (Å²) in [4.78, 5) is 28.6. The predicted octanol–water partition coefficient (Wildman–Crippen LogP) is 2.10. The van der Waals surface area contributed by atoms with Crippen LogP contribution in [0, 0.1) is 12.7 Å². The van der Waals surface area contributed by atoms with Gasteiger partial charge in [0, 0.05) is 30.4 Å². The monoisotopic (exact) mass is 326 g/mol. The van der Waals surface area contributed by atoms with Crippen molar-refractivity contribution in [1.82, 2.24) is 20.4 Å². The Morgan fingerprint density at radius 1 is 1.12 bits per heavy atom. The molecule has 2 heterocycles. The van der Waals surface area contributed by atoms with Gasteiger partial charge in [-0.2, -0.15) is 0 Å². The summed E-state index contributed by atoms with van der Waals surface area (Å²) >= 11 is 0. The Kier molecular flexibility index (Phi) is 3.99. The Morgan fingerprint density at radius 2 is 1.88 bits per heavy atom. The van der Waals surface area contributed by atoms with E-state index >= 15 is 0 Å². The number of rotatable bonds is 2. The topological polar surface area (TPSA) is 76.0 Å². The number of aryl methyl sites for hydroxylation is 2. The molecule has 0 fully saturated rings. The number of fused-ring (bicyclic) bond motifs is 1. The van der Waals surface area contributed by atoms with E-state index in [9.17, 15) is 14.0 Å². The highest BCUT2D eigenvalue weighted by Crippen LogP contribution is 2.19. The molecular weight excluding hydrogens is 311 g/mol. The van der Waals surface area contributed by atoms with Crippen LogP contribution in [-0.2, 0) is 7.05 Å². The molecule has 0 bridgehead atoms. The molecule has 0 saturated carbocycles. The fourth-order valence-corrected chi connectivity index (χ4v) is 2.46. The molecule has 0 unspecified atom stereocenters. The summed E-state index contributed by atoms with van der Waals surface area (Å²) < 4.78 is 15.0. The van der Waals surface area contributed by atoms with Gasteiger partial charge < -0.3 is 4.57 Å². The van der Waals surface area contributed by atoms with E-state index in [0.717, 1.165) is 0 Å². The first kappa shape index (κ1) is 15.7. The third-order valence-electron chi connectivity index (χ3n) is 3.61. The predicted molar refractivity (Wildman–Crippen MR) is 86.8 cm³/mol. The molecule has 1 aromatic carbocycles. The van der Waals surface area contributed by atoms with E-state index in [4.69, 9.17) is 0 Å². The van der Waals surface area contributed by atoms with Crippen LogP contribution < -0.4 is 10.9 Å². The number of hydrogen-bond acceptors (Lipinski definition) is 3. The molecule has 0 aliphatic carbocycles. The Morgan fingerprint density at radius 3 is 2.58 bits per heavy atom. The number of nitrogens with one attached hydrogen (secondary N) is 2. The number of hydrazine groups is 1. The number of amides is 2. The van der Waals surface area contributed by atoms with Crippen molar-refractivity contribution in [2.75, 3.05) is 0 Å². The van der Waals surface area contributed by atoms with Crippen molar-refractivity contribution >= 4 is 22.7 Å². The van der Waals surface area contributed by atoms with E-state index in [0.29, 0.717) is 27.9 Å². The first-order chi connectivity index (χ1) is 11.5. The highest BCUT2D eigenvalue weighted by atomic mass is 19.1. The van der Waals surface area contributed by atoms with E-state index in [-0.39, 0.29) is 0 Å². The van der Waals surface area contributed by atoms with E-state index in [1.54, 1.807) is 42.9 Å². The van der Waals surface area contributed by atoms with Crippen LogP contribution in [0.15, 0.2) is 42.6 Å². The Labute approximate surface area is 137 Å². The van der Waals surface area contributed by atoms with Gasteiger partial charge in [0.1, 0.15) is 11.5 Å². The maximum Gasteiger partial charge on any atom is 0.286 e. The molecule has 3 aromatic rings. The number of halogens is 1. The van der Waals surface area contributed by atoms with Gasteiger partial charge in [-0.05, 0) is 37.3 Å². The molecule has 0 atom stereocenters. The largest absolute Gasteiger partial charge is 0.347 e. The summed E-state index contributed by atoms with van der Waals surface area (Å²) in [5.74, 6) is -1.36. The van der Waals surface area contributed by atoms with Crippen LogP contribution in [0.5, 0.6) is 0 Å². The minimum absolute atomic E-state index is 0.310. The highest BCUT2D eigenvalue weighted by Gasteiger charge is 2.15. The second-order valence-corrected chi connectivity index (χ2v) is 5.39. The van der Waals surface area contributed by atoms with Crippen molar-refractivity contribution in [1.29, 1.82) is 0 Å². The van der Waals surface area contributed by atoms with Gasteiger partial charge in [0.05, 0.1) is 11.1 Å². The Bertz CT molecular complexity index is 944. The molecule has 0 aliphatic heterocycles. The lowest BCUT2D eigenvalue weighted by Crippen LogP contribution is -2.42. The van der Waals surface area contributed by atoms with E-state index < -0.39 is 17.6 Å². The fourth-order valence-electron chi connectivity index (χ4n) is 2.46. The molecule has 6 nitrogen and oxygen atoms in total. The molecular formula is C17H15FN4O2. The summed E-state index contributed by atoms with van der Waals surface area (Å²) in [6.45, 7) is 1.71. The number of nitrogens with zero attached hydrogens (tertiary/aromatic N) is 2. The van der Waals surface area contributed by atoms with Gasteiger partial charge in [-0.25, -0.2) is 4.39 Å². The van der Waals surface area contributed by atoms with Crippen molar-refractivity contribution in [3.8, 4) is 0 Å². The molecule has 0 radical (unpaired) electrons. The summed E-state index contributed by atoms with van der Waals surface area (Å²) in [7, 11) is 1.73. The molecule has 122 valence electrons. The zero-order valence-corrected chi connectivity index (χ0v) is 13.1. The normalized spacial score (nSPS) is 10.6. The minimum Gasteiger partial charge on any atom is -0.347 e. The van der Waals surface area contributed by atoms with Crippen LogP contribution in [0.4, 0.5) is 4.39 Å². The first-order valence-corrected chi connectivity index (χ1v) is 7.24. The lowest BCUT2D eigenvalue weighted by molar-refractivity contribution is 0.0843. The standard InChI is InChI=1S/C17H15FN4O2/c1-10-8-13(12-6-5-11(18)9-14(12)19-10)16(23)20-21-17(24)15-4-3-7-22(15)2/h3-9H,1-2H3,(H,20,23)(H,21,24). The number of carbonyl (C=O) groups excluding carboxylic acids is 2. The van der Waals surface area contributed by atoms with Crippen LogP contribution in [0.2, 0.25) is 0 Å². The van der Waals surface area contributed by atoms with Gasteiger partial charge >= 0.3 is 0 Å². The van der Waals surface area contributed by atoms with Crippen molar-refractivity contribution < 1.29 is 14.0 Å². The zero-order chi connectivity index (χ0) is 17.3. The van der Waals surface area contributed by atoms with Crippen LogP contribution >= 0.6 is 0 Å². The molecule has 2 amide bonds. The van der Waals surface area contributed by atoms with E-state index in [2.05, 4.69) is 15.8 Å². The van der Waals surface area contributed by atoms with Gasteiger partial charge in [-0.3, -0.25) is 25.4 Å². The number of hydrogen-bond donors (Lipinski definition) is 2. The molecule has 2 N–H and O–H groups in total. The lowest BCUT2D eigenvalue weighted by atomic mass is 10.1. The first-order valence-electron chi connectivity index (χ1n) is 7.24. The average molecular weight is 326 g/mol. The zero-order valence-electron chi connectivity index (χ0n) is 13.1. The molecule has 7 heteroatoms. The van der Waals surface area contributed by atoms with Crippen molar-refractivity contribution in [2.45, 2.75) is 6.92 Å². The second kappa shape index (κ2) is 6.11. The maximum atomic E-state index is 13.4. The van der Waals surface area contributed by atoms with E-state index in [1.165, 1.54) is 18.2 Å². The maximum absolute atomic E-state index is 13.4. The van der Waals surface area contributed by atoms with Gasteiger partial charge in [0.15, 0.2) is 0 Å². The van der Waals surface area contributed by atoms with Crippen molar-refractivity contribution in [3.05, 3.63) is 65.4 Å². The van der Waals surface area contributed by atoms with Crippen LogP contribution in [0.3, 0.4) is 0 Å². The van der Waals surface area contributed by atoms with Gasteiger partial charge in [0.2, 0.25) is 0 Å². The third-order valence-corrected chi connectivity index (χ3v) is 3.61. The lowest BCUT2D eigenvalue weighted by Gasteiger charge is -2.10. The number of benzene rings is 1. The van der Waals surface area contributed by atoms with Crippen LogP contribution in [0.1, 0.15) is 26.5 Å². The number of pyridine rings is 1. The minimum atomic E-state index is -0.500. The summed E-state index contributed by atoms with van der Waals surface area (Å²) in [6.07, 6.45) is 1.73. The highest BCUT2D eigenvalue weighted by molar-refractivity contribution is 6.07. The van der Waals surface area contributed by atoms with Crippen LogP contribution in [0.25, 0.3) is 10.9 Å². The Hall–Kier alpha value is -3.22. The Balaban J connectivity index is 1.84. The summed E-state index contributed by atoms with van der Waals surface area (Å²) in [5, 5.41) is 0.507. The summed E-state index contributed by atoms with van der Waals surface area (Å²) in [5.41, 5.74) is 6.42.